The molecule has 0 bridgehead atoms. The Morgan fingerprint density at radius 1 is 0.378 bits per heavy atom. The van der Waals surface area contributed by atoms with E-state index in [1.165, 1.54) is 0 Å². The second kappa shape index (κ2) is 10.4. The second-order valence-electron chi connectivity index (χ2n) is 11.0. The van der Waals surface area contributed by atoms with Gasteiger partial charge in [-0.1, -0.05) is 151 Å². The summed E-state index contributed by atoms with van der Waals surface area (Å²) in [6.07, 6.45) is 0. The predicted molar refractivity (Wildman–Crippen MR) is 190 cm³/mol. The molecular formula is C44H28O. The van der Waals surface area contributed by atoms with Crippen LogP contribution in [0, 0.1) is 0 Å². The molecule has 0 N–H and O–H groups in total. The van der Waals surface area contributed by atoms with Gasteiger partial charge in [-0.15, -0.1) is 0 Å². The SMILES string of the molecule is [2H]c1c([2H])c([2H])c(-c2cc(-c3c4ccccc4c(-c4c([2H])c([2H])c([2H])c([2H])c4-c4ccccc4)c4ccccc34)c3c(c2)oc2ccccc23)c([2H])c1[2H]. The molecule has 0 saturated heterocycles. The highest BCUT2D eigenvalue weighted by molar-refractivity contribution is 6.26. The molecule has 0 fully saturated rings. The molecule has 0 aliphatic heterocycles. The average molecular weight is 582 g/mol. The molecule has 0 spiro atoms. The lowest BCUT2D eigenvalue weighted by Gasteiger charge is -2.20. The minimum absolute atomic E-state index is 0.0580. The summed E-state index contributed by atoms with van der Waals surface area (Å²) >= 11 is 0. The Bertz CT molecular complexity index is 2960. The first-order valence-electron chi connectivity index (χ1n) is 19.2. The third kappa shape index (κ3) is 4.09. The zero-order valence-corrected chi connectivity index (χ0v) is 23.9. The molecule has 0 aliphatic rings. The van der Waals surface area contributed by atoms with Crippen molar-refractivity contribution in [3.63, 3.8) is 0 Å². The Kier molecular flexibility index (Phi) is 4.15. The largest absolute Gasteiger partial charge is 0.456 e. The van der Waals surface area contributed by atoms with Crippen molar-refractivity contribution in [2.75, 3.05) is 0 Å². The molecule has 0 unspecified atom stereocenters. The maximum Gasteiger partial charge on any atom is 0.136 e. The summed E-state index contributed by atoms with van der Waals surface area (Å²) in [6.45, 7) is 0. The van der Waals surface area contributed by atoms with E-state index >= 15 is 0 Å². The van der Waals surface area contributed by atoms with Crippen LogP contribution in [0.15, 0.2) is 174 Å². The van der Waals surface area contributed by atoms with E-state index in [4.69, 9.17) is 15.4 Å². The van der Waals surface area contributed by atoms with Crippen LogP contribution in [-0.4, -0.2) is 0 Å². The predicted octanol–water partition coefficient (Wildman–Crippen LogP) is 12.6. The molecule has 1 aromatic heterocycles. The molecule has 0 aliphatic carbocycles. The fourth-order valence-corrected chi connectivity index (χ4v) is 6.60. The van der Waals surface area contributed by atoms with Gasteiger partial charge >= 0.3 is 0 Å². The van der Waals surface area contributed by atoms with Gasteiger partial charge in [0.05, 0.1) is 12.3 Å². The summed E-state index contributed by atoms with van der Waals surface area (Å²) in [6, 6.07) is 33.2. The van der Waals surface area contributed by atoms with Crippen molar-refractivity contribution in [1.29, 1.82) is 0 Å². The van der Waals surface area contributed by atoms with Crippen LogP contribution < -0.4 is 0 Å². The number of para-hydroxylation sites is 1. The Balaban J connectivity index is 1.48. The van der Waals surface area contributed by atoms with Crippen molar-refractivity contribution in [3.8, 4) is 44.5 Å². The summed E-state index contributed by atoms with van der Waals surface area (Å²) in [5.41, 5.74) is 5.20. The number of hydrogen-bond donors (Lipinski definition) is 0. The first-order chi connectivity index (χ1) is 26.1. The average Bonchev–Trinajstić information content (AvgIpc) is 3.58. The Labute approximate surface area is 274 Å². The highest BCUT2D eigenvalue weighted by Gasteiger charge is 2.22. The van der Waals surface area contributed by atoms with Gasteiger partial charge in [0, 0.05) is 10.8 Å². The van der Waals surface area contributed by atoms with Crippen LogP contribution in [0.1, 0.15) is 12.3 Å². The van der Waals surface area contributed by atoms with Gasteiger partial charge in [-0.2, -0.15) is 0 Å². The third-order valence-electron chi connectivity index (χ3n) is 8.47. The fraction of sp³-hybridized carbons (Fsp3) is 0. The molecule has 1 heteroatoms. The molecule has 0 amide bonds. The second-order valence-corrected chi connectivity index (χ2v) is 11.0. The molecule has 0 saturated carbocycles. The molecule has 0 radical (unpaired) electrons. The van der Waals surface area contributed by atoms with Crippen LogP contribution in [0.5, 0.6) is 0 Å². The zero-order valence-electron chi connectivity index (χ0n) is 32.9. The van der Waals surface area contributed by atoms with Gasteiger partial charge in [-0.3, -0.25) is 0 Å². The van der Waals surface area contributed by atoms with E-state index in [2.05, 4.69) is 0 Å². The summed E-state index contributed by atoms with van der Waals surface area (Å²) in [5.74, 6) is 0. The van der Waals surface area contributed by atoms with Crippen molar-refractivity contribution < 1.29 is 16.8 Å². The first-order valence-corrected chi connectivity index (χ1v) is 14.7. The summed E-state index contributed by atoms with van der Waals surface area (Å²) in [7, 11) is 0. The molecule has 1 nitrogen and oxygen atoms in total. The van der Waals surface area contributed by atoms with Gasteiger partial charge in [0.2, 0.25) is 0 Å². The van der Waals surface area contributed by atoms with Gasteiger partial charge in [0.25, 0.3) is 0 Å². The minimum Gasteiger partial charge on any atom is -0.456 e. The van der Waals surface area contributed by atoms with E-state index in [1.54, 1.807) is 6.07 Å². The third-order valence-corrected chi connectivity index (χ3v) is 8.47. The number of hydrogen-bond acceptors (Lipinski definition) is 1. The molecular weight excluding hydrogens is 544 g/mol. The number of fused-ring (bicyclic) bond motifs is 5. The lowest BCUT2D eigenvalue weighted by Crippen LogP contribution is -1.93. The van der Waals surface area contributed by atoms with Crippen molar-refractivity contribution in [1.82, 2.24) is 0 Å². The zero-order chi connectivity index (χ0) is 37.6. The van der Waals surface area contributed by atoms with Crippen LogP contribution in [0.4, 0.5) is 0 Å². The number of rotatable bonds is 4. The molecule has 8 aromatic carbocycles. The number of benzene rings is 8. The lowest BCUT2D eigenvalue weighted by molar-refractivity contribution is 0.669. The van der Waals surface area contributed by atoms with Gasteiger partial charge < -0.3 is 4.42 Å². The standard InChI is InChI=1S/C44H28O/c1-3-15-29(16-4-1)31-27-39(44-38-25-13-14-26-40(38)45-41(44)28-31)43-36-23-11-9-21-34(36)42(35-22-10-12-24-37(35)43)33-20-8-7-19-32(33)30-17-5-2-6-18-30/h1-28H/i1D,3D,4D,7D,8D,15D,16D,19D,20D. The summed E-state index contributed by atoms with van der Waals surface area (Å²) in [4.78, 5) is 0. The molecule has 1 heterocycles. The van der Waals surface area contributed by atoms with E-state index < -0.39 is 18.1 Å². The lowest BCUT2D eigenvalue weighted by atomic mass is 9.82. The van der Waals surface area contributed by atoms with Crippen LogP contribution >= 0.6 is 0 Å². The highest BCUT2D eigenvalue weighted by atomic mass is 16.3. The van der Waals surface area contributed by atoms with Gasteiger partial charge in [-0.25, -0.2) is 0 Å². The maximum atomic E-state index is 9.34. The first kappa shape index (κ1) is 18.0. The van der Waals surface area contributed by atoms with E-state index in [1.807, 2.05) is 109 Å². The molecule has 210 valence electrons. The van der Waals surface area contributed by atoms with Crippen molar-refractivity contribution in [2.24, 2.45) is 0 Å². The Morgan fingerprint density at radius 3 is 1.58 bits per heavy atom. The topological polar surface area (TPSA) is 13.1 Å². The van der Waals surface area contributed by atoms with Gasteiger partial charge in [0.15, 0.2) is 0 Å². The van der Waals surface area contributed by atoms with E-state index in [0.717, 1.165) is 43.4 Å². The van der Waals surface area contributed by atoms with Crippen LogP contribution in [0.3, 0.4) is 0 Å². The van der Waals surface area contributed by atoms with Gasteiger partial charge in [0.1, 0.15) is 11.2 Å². The monoisotopic (exact) mass is 581 g/mol. The van der Waals surface area contributed by atoms with Crippen molar-refractivity contribution in [3.05, 3.63) is 170 Å². The Morgan fingerprint density at radius 2 is 0.911 bits per heavy atom. The molecule has 9 rings (SSSR count). The van der Waals surface area contributed by atoms with E-state index in [9.17, 15) is 1.37 Å². The van der Waals surface area contributed by atoms with Crippen LogP contribution in [0.25, 0.3) is 88.0 Å². The molecule has 0 atom stereocenters. The van der Waals surface area contributed by atoms with Gasteiger partial charge in [-0.05, 0) is 84.3 Å². The Hall–Kier alpha value is -5.92. The van der Waals surface area contributed by atoms with Crippen molar-refractivity contribution >= 4 is 43.5 Å². The summed E-state index contributed by atoms with van der Waals surface area (Å²) in [5, 5.41) is 4.72. The van der Waals surface area contributed by atoms with Crippen LogP contribution in [-0.2, 0) is 0 Å². The van der Waals surface area contributed by atoms with E-state index in [0.29, 0.717) is 39.0 Å². The quantitative estimate of drug-likeness (QED) is 0.188. The molecule has 45 heavy (non-hydrogen) atoms. The smallest absolute Gasteiger partial charge is 0.136 e. The van der Waals surface area contributed by atoms with Crippen LogP contribution in [0.2, 0.25) is 0 Å². The van der Waals surface area contributed by atoms with E-state index in [-0.39, 0.29) is 41.8 Å². The summed E-state index contributed by atoms with van der Waals surface area (Å²) < 4.78 is 85.1. The normalized spacial score (nSPS) is 14.4. The molecule has 9 aromatic rings. The number of furan rings is 1. The minimum atomic E-state index is -0.472. The maximum absolute atomic E-state index is 9.34. The fourth-order valence-electron chi connectivity index (χ4n) is 6.60. The highest BCUT2D eigenvalue weighted by Crippen LogP contribution is 2.49. The van der Waals surface area contributed by atoms with Crippen molar-refractivity contribution in [2.45, 2.75) is 0 Å².